The molecule has 0 radical (unpaired) electrons. The number of fused-ring (bicyclic) bond motifs is 1. The fourth-order valence-corrected chi connectivity index (χ4v) is 4.51. The molecule has 0 saturated carbocycles. The first-order chi connectivity index (χ1) is 12.7. The second-order valence-electron chi connectivity index (χ2n) is 6.62. The number of likely N-dealkylation sites (tertiary alicyclic amines) is 1. The van der Waals surface area contributed by atoms with E-state index in [2.05, 4.69) is 16.3 Å². The molecule has 3 aromatic rings. The molecule has 6 heteroatoms. The van der Waals surface area contributed by atoms with Crippen LogP contribution in [-0.4, -0.2) is 35.4 Å². The Labute approximate surface area is 155 Å². The van der Waals surface area contributed by atoms with Gasteiger partial charge in [0.25, 0.3) is 0 Å². The summed E-state index contributed by atoms with van der Waals surface area (Å²) in [6, 6.07) is 14.4. The molecule has 134 valence electrons. The number of benzene rings is 2. The molecule has 1 saturated heterocycles. The number of hydrogen-bond donors (Lipinski definition) is 1. The number of carbonyl (C=O) groups excluding carboxylic acids is 1. The molecule has 1 aromatic heterocycles. The number of piperidine rings is 1. The van der Waals surface area contributed by atoms with Crippen LogP contribution in [0.1, 0.15) is 23.8 Å². The molecule has 1 aliphatic rings. The van der Waals surface area contributed by atoms with Crippen molar-refractivity contribution in [3.63, 3.8) is 0 Å². The summed E-state index contributed by atoms with van der Waals surface area (Å²) in [7, 11) is 0. The molecule has 1 amide bonds. The maximum atomic E-state index is 13.7. The Bertz CT molecular complexity index is 893. The third-order valence-corrected chi connectivity index (χ3v) is 5.88. The van der Waals surface area contributed by atoms with Crippen LogP contribution in [0.25, 0.3) is 10.2 Å². The molecule has 2 heterocycles. The van der Waals surface area contributed by atoms with Crippen LogP contribution < -0.4 is 5.32 Å². The van der Waals surface area contributed by atoms with Crippen molar-refractivity contribution in [2.75, 3.05) is 25.0 Å². The summed E-state index contributed by atoms with van der Waals surface area (Å²) in [5.74, 6) is -0.241. The number of nitrogens with one attached hydrogen (secondary N) is 1. The van der Waals surface area contributed by atoms with E-state index < -0.39 is 5.82 Å². The number of anilines is 1. The standard InChI is InChI=1S/C20H20FN3OS/c21-15-7-1-2-8-16(15)22-19(25)13-24-11-5-6-14(12-24)20-23-17-9-3-4-10-18(17)26-20/h1-4,7-10,14H,5-6,11-13H2,(H,22,25)/t14-/m0/s1. The molecular weight excluding hydrogens is 349 g/mol. The predicted molar refractivity (Wildman–Crippen MR) is 103 cm³/mol. The first-order valence-electron chi connectivity index (χ1n) is 8.81. The smallest absolute Gasteiger partial charge is 0.238 e. The second kappa shape index (κ2) is 7.51. The Morgan fingerprint density at radius 3 is 2.88 bits per heavy atom. The number of halogens is 1. The molecule has 1 aliphatic heterocycles. The summed E-state index contributed by atoms with van der Waals surface area (Å²) in [5.41, 5.74) is 1.28. The summed E-state index contributed by atoms with van der Waals surface area (Å²) in [6.45, 7) is 1.96. The highest BCUT2D eigenvalue weighted by atomic mass is 32.1. The highest BCUT2D eigenvalue weighted by Crippen LogP contribution is 2.32. The van der Waals surface area contributed by atoms with Gasteiger partial charge in [0.15, 0.2) is 0 Å². The summed E-state index contributed by atoms with van der Waals surface area (Å²) in [5, 5.41) is 3.81. The van der Waals surface area contributed by atoms with Crippen molar-refractivity contribution in [1.29, 1.82) is 0 Å². The van der Waals surface area contributed by atoms with Crippen LogP contribution in [0.2, 0.25) is 0 Å². The van der Waals surface area contributed by atoms with Crippen molar-refractivity contribution >= 4 is 33.1 Å². The highest BCUT2D eigenvalue weighted by Gasteiger charge is 2.25. The molecule has 0 aliphatic carbocycles. The number of hydrogen-bond acceptors (Lipinski definition) is 4. The molecule has 26 heavy (non-hydrogen) atoms. The SMILES string of the molecule is O=C(CN1CCC[C@H](c2nc3ccccc3s2)C1)Nc1ccccc1F. The van der Waals surface area contributed by atoms with Crippen LogP contribution >= 0.6 is 11.3 Å². The zero-order chi connectivity index (χ0) is 17.9. The third kappa shape index (κ3) is 3.76. The van der Waals surface area contributed by atoms with Gasteiger partial charge in [-0.3, -0.25) is 9.69 Å². The molecular formula is C20H20FN3OS. The van der Waals surface area contributed by atoms with Crippen molar-refractivity contribution in [1.82, 2.24) is 9.88 Å². The molecule has 1 N–H and O–H groups in total. The number of carbonyl (C=O) groups is 1. The number of thiazole rings is 1. The summed E-state index contributed by atoms with van der Waals surface area (Å²) >= 11 is 1.74. The van der Waals surface area contributed by atoms with Gasteiger partial charge < -0.3 is 5.32 Å². The zero-order valence-electron chi connectivity index (χ0n) is 14.3. The van der Waals surface area contributed by atoms with E-state index in [-0.39, 0.29) is 18.1 Å². The molecule has 4 nitrogen and oxygen atoms in total. The summed E-state index contributed by atoms with van der Waals surface area (Å²) in [6.07, 6.45) is 2.12. The molecule has 1 fully saturated rings. The molecule has 0 bridgehead atoms. The fraction of sp³-hybridized carbons (Fsp3) is 0.300. The number of amides is 1. The Balaban J connectivity index is 1.40. The van der Waals surface area contributed by atoms with E-state index in [1.54, 1.807) is 29.5 Å². The molecule has 0 unspecified atom stereocenters. The van der Waals surface area contributed by atoms with Gasteiger partial charge in [-0.05, 0) is 43.7 Å². The minimum atomic E-state index is -0.410. The van der Waals surface area contributed by atoms with Gasteiger partial charge in [-0.1, -0.05) is 24.3 Å². The lowest BCUT2D eigenvalue weighted by molar-refractivity contribution is -0.117. The second-order valence-corrected chi connectivity index (χ2v) is 7.68. The topological polar surface area (TPSA) is 45.2 Å². The Hall–Kier alpha value is -2.31. The van der Waals surface area contributed by atoms with Crippen LogP contribution in [0.5, 0.6) is 0 Å². The van der Waals surface area contributed by atoms with Crippen molar-refractivity contribution in [2.45, 2.75) is 18.8 Å². The lowest BCUT2D eigenvalue weighted by Crippen LogP contribution is -2.39. The van der Waals surface area contributed by atoms with E-state index in [1.165, 1.54) is 10.8 Å². The van der Waals surface area contributed by atoms with E-state index in [9.17, 15) is 9.18 Å². The maximum Gasteiger partial charge on any atom is 0.238 e. The largest absolute Gasteiger partial charge is 0.322 e. The van der Waals surface area contributed by atoms with Crippen LogP contribution in [0, 0.1) is 5.82 Å². The maximum absolute atomic E-state index is 13.7. The summed E-state index contributed by atoms with van der Waals surface area (Å²) < 4.78 is 14.9. The van der Waals surface area contributed by atoms with E-state index in [0.29, 0.717) is 5.92 Å². The highest BCUT2D eigenvalue weighted by molar-refractivity contribution is 7.18. The number of aromatic nitrogens is 1. The third-order valence-electron chi connectivity index (χ3n) is 4.68. The average molecular weight is 369 g/mol. The van der Waals surface area contributed by atoms with Crippen LogP contribution in [0.15, 0.2) is 48.5 Å². The number of rotatable bonds is 4. The van der Waals surface area contributed by atoms with E-state index in [4.69, 9.17) is 4.98 Å². The van der Waals surface area contributed by atoms with E-state index in [1.807, 2.05) is 18.2 Å². The van der Waals surface area contributed by atoms with E-state index >= 15 is 0 Å². The van der Waals surface area contributed by atoms with Crippen molar-refractivity contribution in [3.8, 4) is 0 Å². The van der Waals surface area contributed by atoms with Gasteiger partial charge in [-0.2, -0.15) is 0 Å². The Morgan fingerprint density at radius 2 is 2.04 bits per heavy atom. The van der Waals surface area contributed by atoms with Crippen LogP contribution in [-0.2, 0) is 4.79 Å². The minimum Gasteiger partial charge on any atom is -0.322 e. The van der Waals surface area contributed by atoms with Crippen LogP contribution in [0.4, 0.5) is 10.1 Å². The zero-order valence-corrected chi connectivity index (χ0v) is 15.1. The predicted octanol–water partition coefficient (Wildman–Crippen LogP) is 4.25. The van der Waals surface area contributed by atoms with Crippen molar-refractivity contribution in [2.24, 2.45) is 0 Å². The van der Waals surface area contributed by atoms with Gasteiger partial charge in [0, 0.05) is 12.5 Å². The molecule has 4 rings (SSSR count). The minimum absolute atomic E-state index is 0.181. The quantitative estimate of drug-likeness (QED) is 0.748. The van der Waals surface area contributed by atoms with Gasteiger partial charge in [-0.25, -0.2) is 9.37 Å². The van der Waals surface area contributed by atoms with Gasteiger partial charge in [0.1, 0.15) is 5.82 Å². The normalized spacial score (nSPS) is 18.1. The molecule has 2 aromatic carbocycles. The lowest BCUT2D eigenvalue weighted by atomic mass is 9.99. The monoisotopic (exact) mass is 369 g/mol. The first kappa shape index (κ1) is 17.1. The molecule has 0 spiro atoms. The lowest BCUT2D eigenvalue weighted by Gasteiger charge is -2.31. The van der Waals surface area contributed by atoms with Crippen molar-refractivity contribution < 1.29 is 9.18 Å². The fourth-order valence-electron chi connectivity index (χ4n) is 3.42. The Morgan fingerprint density at radius 1 is 1.23 bits per heavy atom. The van der Waals surface area contributed by atoms with Gasteiger partial charge in [0.2, 0.25) is 5.91 Å². The number of para-hydroxylation sites is 2. The first-order valence-corrected chi connectivity index (χ1v) is 9.63. The average Bonchev–Trinajstić information content (AvgIpc) is 3.08. The van der Waals surface area contributed by atoms with Gasteiger partial charge in [-0.15, -0.1) is 11.3 Å². The summed E-state index contributed by atoms with van der Waals surface area (Å²) in [4.78, 5) is 19.2. The van der Waals surface area contributed by atoms with Gasteiger partial charge >= 0.3 is 0 Å². The van der Waals surface area contributed by atoms with Crippen molar-refractivity contribution in [3.05, 3.63) is 59.4 Å². The van der Waals surface area contributed by atoms with Gasteiger partial charge in [0.05, 0.1) is 27.5 Å². The van der Waals surface area contributed by atoms with Crippen LogP contribution in [0.3, 0.4) is 0 Å². The number of nitrogens with zero attached hydrogens (tertiary/aromatic N) is 2. The molecule has 1 atom stereocenters. The Kier molecular flexibility index (Phi) is 4.95. The van der Waals surface area contributed by atoms with E-state index in [0.717, 1.165) is 36.5 Å².